The summed E-state index contributed by atoms with van der Waals surface area (Å²) >= 11 is 1.61. The van der Waals surface area contributed by atoms with Gasteiger partial charge < -0.3 is 14.4 Å². The number of hydrogen-bond donors (Lipinski definition) is 0. The number of hydrogen-bond acceptors (Lipinski definition) is 5. The van der Waals surface area contributed by atoms with Gasteiger partial charge in [0.25, 0.3) is 5.91 Å². The van der Waals surface area contributed by atoms with Crippen LogP contribution in [0.4, 0.5) is 0 Å². The zero-order chi connectivity index (χ0) is 15.5. The lowest BCUT2D eigenvalue weighted by Crippen LogP contribution is -2.30. The summed E-state index contributed by atoms with van der Waals surface area (Å²) in [5, 5.41) is 1.98. The molecule has 22 heavy (non-hydrogen) atoms. The molecule has 5 nitrogen and oxygen atoms in total. The second kappa shape index (κ2) is 6.19. The molecule has 0 saturated carbocycles. The summed E-state index contributed by atoms with van der Waals surface area (Å²) < 4.78 is 10.4. The first-order valence-electron chi connectivity index (χ1n) is 6.82. The number of cyclic esters (lactones) is 1. The number of thiophene rings is 1. The zero-order valence-electron chi connectivity index (χ0n) is 12.1. The van der Waals surface area contributed by atoms with Crippen molar-refractivity contribution in [3.8, 4) is 5.75 Å². The second-order valence-electron chi connectivity index (χ2n) is 5.01. The fraction of sp³-hybridized carbons (Fsp3) is 0.250. The number of esters is 1. The van der Waals surface area contributed by atoms with Crippen LogP contribution in [-0.4, -0.2) is 30.4 Å². The van der Waals surface area contributed by atoms with Gasteiger partial charge in [0.1, 0.15) is 12.4 Å². The number of nitrogens with zero attached hydrogens (tertiary/aromatic N) is 1. The molecular weight excluding hydrogens is 302 g/mol. The van der Waals surface area contributed by atoms with Crippen LogP contribution >= 0.6 is 11.3 Å². The highest BCUT2D eigenvalue weighted by molar-refractivity contribution is 7.09. The highest BCUT2D eigenvalue weighted by atomic mass is 32.1. The van der Waals surface area contributed by atoms with E-state index in [1.54, 1.807) is 41.5 Å². The van der Waals surface area contributed by atoms with Crippen molar-refractivity contribution in [3.63, 3.8) is 0 Å². The quantitative estimate of drug-likeness (QED) is 0.795. The van der Waals surface area contributed by atoms with Crippen molar-refractivity contribution in [2.45, 2.75) is 13.2 Å². The molecule has 0 N–H and O–H groups in total. The van der Waals surface area contributed by atoms with Gasteiger partial charge in [0.05, 0.1) is 12.1 Å². The molecule has 0 saturated heterocycles. The van der Waals surface area contributed by atoms with Gasteiger partial charge in [0.15, 0.2) is 6.61 Å². The molecule has 0 radical (unpaired) electrons. The molecule has 1 aliphatic heterocycles. The van der Waals surface area contributed by atoms with Crippen LogP contribution in [0.25, 0.3) is 0 Å². The van der Waals surface area contributed by atoms with E-state index in [1.807, 2.05) is 17.5 Å². The fourth-order valence-electron chi connectivity index (χ4n) is 2.16. The van der Waals surface area contributed by atoms with Crippen molar-refractivity contribution in [2.75, 3.05) is 13.7 Å². The Morgan fingerprint density at radius 2 is 2.27 bits per heavy atom. The Bertz CT molecular complexity index is 696. The SMILES string of the molecule is CN(Cc1cccs1)C(=O)COc1ccc2c(c1)C(=O)OC2. The highest BCUT2D eigenvalue weighted by Gasteiger charge is 2.21. The molecule has 2 aromatic rings. The molecule has 0 aliphatic carbocycles. The van der Waals surface area contributed by atoms with Crippen molar-refractivity contribution in [2.24, 2.45) is 0 Å². The number of ether oxygens (including phenoxy) is 2. The molecule has 0 bridgehead atoms. The number of carbonyl (C=O) groups is 2. The number of fused-ring (bicyclic) bond motifs is 1. The summed E-state index contributed by atoms with van der Waals surface area (Å²) in [6, 6.07) is 9.10. The van der Waals surface area contributed by atoms with Gasteiger partial charge >= 0.3 is 5.97 Å². The van der Waals surface area contributed by atoms with Gasteiger partial charge in [0.2, 0.25) is 0 Å². The van der Waals surface area contributed by atoms with Crippen molar-refractivity contribution in [1.82, 2.24) is 4.90 Å². The van der Waals surface area contributed by atoms with Crippen LogP contribution < -0.4 is 4.74 Å². The van der Waals surface area contributed by atoms with E-state index in [4.69, 9.17) is 9.47 Å². The summed E-state index contributed by atoms with van der Waals surface area (Å²) in [4.78, 5) is 26.3. The van der Waals surface area contributed by atoms with Crippen LogP contribution in [0.1, 0.15) is 20.8 Å². The summed E-state index contributed by atoms with van der Waals surface area (Å²) in [5.41, 5.74) is 1.36. The Hall–Kier alpha value is -2.34. The predicted molar refractivity (Wildman–Crippen MR) is 81.8 cm³/mol. The van der Waals surface area contributed by atoms with Gasteiger partial charge in [-0.15, -0.1) is 11.3 Å². The molecule has 1 aromatic heterocycles. The Morgan fingerprint density at radius 3 is 3.05 bits per heavy atom. The van der Waals surface area contributed by atoms with Crippen molar-refractivity contribution in [3.05, 3.63) is 51.7 Å². The van der Waals surface area contributed by atoms with Crippen LogP contribution in [0.2, 0.25) is 0 Å². The number of likely N-dealkylation sites (N-methyl/N-ethyl adjacent to an activating group) is 1. The standard InChI is InChI=1S/C16H15NO4S/c1-17(8-13-3-2-6-22-13)15(18)10-20-12-5-4-11-9-21-16(19)14(11)7-12/h2-7H,8-10H2,1H3. The number of benzene rings is 1. The Kier molecular flexibility index (Phi) is 4.11. The van der Waals surface area contributed by atoms with E-state index in [0.717, 1.165) is 10.4 Å². The third-order valence-corrected chi connectivity index (χ3v) is 4.28. The molecule has 1 aliphatic rings. The average Bonchev–Trinajstić information content (AvgIpc) is 3.15. The molecule has 0 spiro atoms. The van der Waals surface area contributed by atoms with Gasteiger partial charge in [-0.3, -0.25) is 4.79 Å². The third kappa shape index (κ3) is 3.12. The van der Waals surface area contributed by atoms with E-state index in [1.165, 1.54) is 0 Å². The Balaban J connectivity index is 1.57. The monoisotopic (exact) mass is 317 g/mol. The van der Waals surface area contributed by atoms with Crippen LogP contribution in [-0.2, 0) is 22.7 Å². The van der Waals surface area contributed by atoms with E-state index in [-0.39, 0.29) is 18.5 Å². The van der Waals surface area contributed by atoms with Gasteiger partial charge in [-0.2, -0.15) is 0 Å². The minimum absolute atomic E-state index is 0.0598. The summed E-state index contributed by atoms with van der Waals surface area (Å²) in [7, 11) is 1.74. The van der Waals surface area contributed by atoms with Crippen LogP contribution in [0.15, 0.2) is 35.7 Å². The first kappa shape index (κ1) is 14.6. The first-order chi connectivity index (χ1) is 10.6. The predicted octanol–water partition coefficient (Wildman–Crippen LogP) is 2.46. The highest BCUT2D eigenvalue weighted by Crippen LogP contribution is 2.24. The van der Waals surface area contributed by atoms with E-state index in [2.05, 4.69) is 0 Å². The molecule has 3 rings (SSSR count). The molecule has 0 unspecified atom stereocenters. The van der Waals surface area contributed by atoms with E-state index < -0.39 is 0 Å². The van der Waals surface area contributed by atoms with Crippen LogP contribution in [0, 0.1) is 0 Å². The molecule has 0 atom stereocenters. The fourth-order valence-corrected chi connectivity index (χ4v) is 2.92. The van der Waals surface area contributed by atoms with E-state index in [0.29, 0.717) is 24.5 Å². The molecule has 114 valence electrons. The molecule has 2 heterocycles. The first-order valence-corrected chi connectivity index (χ1v) is 7.70. The molecule has 6 heteroatoms. The lowest BCUT2D eigenvalue weighted by atomic mass is 10.1. The topological polar surface area (TPSA) is 55.8 Å². The van der Waals surface area contributed by atoms with Crippen LogP contribution in [0.3, 0.4) is 0 Å². The zero-order valence-corrected chi connectivity index (χ0v) is 12.9. The minimum Gasteiger partial charge on any atom is -0.484 e. The summed E-state index contributed by atoms with van der Waals surface area (Å²) in [5.74, 6) is 0.0357. The number of carbonyl (C=O) groups excluding carboxylic acids is 2. The average molecular weight is 317 g/mol. The van der Waals surface area contributed by atoms with Crippen molar-refractivity contribution in [1.29, 1.82) is 0 Å². The molecule has 1 aromatic carbocycles. The maximum atomic E-state index is 12.1. The van der Waals surface area contributed by atoms with Crippen LogP contribution in [0.5, 0.6) is 5.75 Å². The van der Waals surface area contributed by atoms with Gasteiger partial charge in [-0.1, -0.05) is 12.1 Å². The Labute approximate surface area is 132 Å². The van der Waals surface area contributed by atoms with Gasteiger partial charge in [-0.25, -0.2) is 4.79 Å². The lowest BCUT2D eigenvalue weighted by Gasteiger charge is -2.16. The maximum Gasteiger partial charge on any atom is 0.339 e. The molecule has 1 amide bonds. The third-order valence-electron chi connectivity index (χ3n) is 3.42. The lowest BCUT2D eigenvalue weighted by molar-refractivity contribution is -0.132. The normalized spacial score (nSPS) is 12.7. The van der Waals surface area contributed by atoms with Crippen molar-refractivity contribution < 1.29 is 19.1 Å². The maximum absolute atomic E-state index is 12.1. The van der Waals surface area contributed by atoms with E-state index >= 15 is 0 Å². The smallest absolute Gasteiger partial charge is 0.339 e. The van der Waals surface area contributed by atoms with Gasteiger partial charge in [0, 0.05) is 17.5 Å². The largest absolute Gasteiger partial charge is 0.484 e. The molecule has 0 fully saturated rings. The minimum atomic E-state index is -0.346. The van der Waals surface area contributed by atoms with Gasteiger partial charge in [-0.05, 0) is 23.6 Å². The van der Waals surface area contributed by atoms with E-state index in [9.17, 15) is 9.59 Å². The summed E-state index contributed by atoms with van der Waals surface area (Å²) in [6.45, 7) is 0.809. The number of amides is 1. The molecular formula is C16H15NO4S. The number of rotatable bonds is 5. The summed E-state index contributed by atoms with van der Waals surface area (Å²) in [6.07, 6.45) is 0. The second-order valence-corrected chi connectivity index (χ2v) is 6.05. The Morgan fingerprint density at radius 1 is 1.41 bits per heavy atom. The van der Waals surface area contributed by atoms with Crippen molar-refractivity contribution >= 4 is 23.2 Å².